The van der Waals surface area contributed by atoms with Crippen LogP contribution < -0.4 is 0 Å². The average molecular weight is 435 g/mol. The van der Waals surface area contributed by atoms with E-state index in [-0.39, 0.29) is 5.91 Å². The molecule has 4 rings (SSSR count). The molecule has 29 heavy (non-hydrogen) atoms. The molecule has 1 aromatic heterocycles. The van der Waals surface area contributed by atoms with Gasteiger partial charge in [-0.05, 0) is 43.3 Å². The van der Waals surface area contributed by atoms with Crippen LogP contribution in [0.3, 0.4) is 0 Å². The SMILES string of the molecule is Cc1cc(C)c(S(=O)(=O)N2CCOC23CCN(C(=O)c2cccs2)CC3)c(C)c1. The van der Waals surface area contributed by atoms with Gasteiger partial charge in [0, 0.05) is 32.5 Å². The van der Waals surface area contributed by atoms with Gasteiger partial charge in [-0.3, -0.25) is 4.79 Å². The molecular formula is C21H26N2O4S2. The van der Waals surface area contributed by atoms with Crippen LogP contribution in [0.5, 0.6) is 0 Å². The van der Waals surface area contributed by atoms with E-state index in [9.17, 15) is 13.2 Å². The zero-order chi connectivity index (χ0) is 20.8. The van der Waals surface area contributed by atoms with Crippen molar-refractivity contribution in [3.05, 3.63) is 51.2 Å². The van der Waals surface area contributed by atoms with Crippen molar-refractivity contribution >= 4 is 27.3 Å². The van der Waals surface area contributed by atoms with Crippen LogP contribution in [0.15, 0.2) is 34.5 Å². The van der Waals surface area contributed by atoms with Crippen molar-refractivity contribution in [3.63, 3.8) is 0 Å². The van der Waals surface area contributed by atoms with Gasteiger partial charge in [0.05, 0.1) is 16.4 Å². The van der Waals surface area contributed by atoms with Gasteiger partial charge in [-0.15, -0.1) is 11.3 Å². The predicted molar refractivity (Wildman–Crippen MR) is 113 cm³/mol. The van der Waals surface area contributed by atoms with Crippen molar-refractivity contribution < 1.29 is 17.9 Å². The summed E-state index contributed by atoms with van der Waals surface area (Å²) < 4.78 is 34.8. The molecular weight excluding hydrogens is 408 g/mol. The van der Waals surface area contributed by atoms with Crippen LogP contribution in [-0.4, -0.2) is 55.5 Å². The number of rotatable bonds is 3. The van der Waals surface area contributed by atoms with Crippen LogP contribution in [0.1, 0.15) is 39.2 Å². The maximum absolute atomic E-state index is 13.6. The quantitative estimate of drug-likeness (QED) is 0.743. The molecule has 1 aromatic carbocycles. The van der Waals surface area contributed by atoms with Crippen LogP contribution in [0.25, 0.3) is 0 Å². The average Bonchev–Trinajstić information content (AvgIpc) is 3.31. The minimum Gasteiger partial charge on any atom is -0.358 e. The van der Waals surface area contributed by atoms with E-state index in [0.717, 1.165) is 16.7 Å². The third-order valence-electron chi connectivity index (χ3n) is 5.84. The van der Waals surface area contributed by atoms with Gasteiger partial charge in [0.15, 0.2) is 0 Å². The number of aryl methyl sites for hydroxylation is 3. The van der Waals surface area contributed by atoms with Gasteiger partial charge >= 0.3 is 0 Å². The fourth-order valence-corrected chi connectivity index (χ4v) is 7.46. The van der Waals surface area contributed by atoms with E-state index in [2.05, 4.69) is 0 Å². The second-order valence-electron chi connectivity index (χ2n) is 7.87. The molecule has 156 valence electrons. The minimum atomic E-state index is -3.70. The maximum Gasteiger partial charge on any atom is 0.263 e. The van der Waals surface area contributed by atoms with E-state index in [1.54, 1.807) is 4.90 Å². The summed E-state index contributed by atoms with van der Waals surface area (Å²) in [6.07, 6.45) is 0.959. The molecule has 6 nitrogen and oxygen atoms in total. The zero-order valence-electron chi connectivity index (χ0n) is 17.0. The van der Waals surface area contributed by atoms with Gasteiger partial charge in [-0.2, -0.15) is 4.31 Å². The minimum absolute atomic E-state index is 0.00692. The summed E-state index contributed by atoms with van der Waals surface area (Å²) in [7, 11) is -3.70. The lowest BCUT2D eigenvalue weighted by Crippen LogP contribution is -2.55. The fourth-order valence-electron chi connectivity index (χ4n) is 4.63. The Morgan fingerprint density at radius 3 is 2.34 bits per heavy atom. The first kappa shape index (κ1) is 20.5. The predicted octanol–water partition coefficient (Wildman–Crippen LogP) is 3.33. The first-order chi connectivity index (χ1) is 13.7. The Hall–Kier alpha value is -1.74. The summed E-state index contributed by atoms with van der Waals surface area (Å²) in [6, 6.07) is 7.50. The van der Waals surface area contributed by atoms with E-state index in [4.69, 9.17) is 4.74 Å². The first-order valence-corrected chi connectivity index (χ1v) is 12.1. The summed E-state index contributed by atoms with van der Waals surface area (Å²) in [5.74, 6) is 0.00692. The van der Waals surface area contributed by atoms with Crippen LogP contribution in [-0.2, 0) is 14.8 Å². The zero-order valence-corrected chi connectivity index (χ0v) is 18.6. The number of amides is 1. The van der Waals surface area contributed by atoms with E-state index in [1.165, 1.54) is 15.6 Å². The van der Waals surface area contributed by atoms with Crippen molar-refractivity contribution in [2.45, 2.75) is 44.2 Å². The third-order valence-corrected chi connectivity index (χ3v) is 8.95. The molecule has 8 heteroatoms. The van der Waals surface area contributed by atoms with Gasteiger partial charge < -0.3 is 9.64 Å². The van der Waals surface area contributed by atoms with Crippen molar-refractivity contribution in [2.24, 2.45) is 0 Å². The van der Waals surface area contributed by atoms with Gasteiger partial charge in [0.25, 0.3) is 5.91 Å². The molecule has 0 saturated carbocycles. The molecule has 0 radical (unpaired) electrons. The normalized spacial score (nSPS) is 19.8. The van der Waals surface area contributed by atoms with Crippen LogP contribution in [0.2, 0.25) is 0 Å². The molecule has 2 aliphatic rings. The number of carbonyl (C=O) groups is 1. The third kappa shape index (κ3) is 3.52. The molecule has 2 aliphatic heterocycles. The second kappa shape index (κ2) is 7.50. The van der Waals surface area contributed by atoms with E-state index < -0.39 is 15.7 Å². The summed E-state index contributed by atoms with van der Waals surface area (Å²) in [4.78, 5) is 15.5. The Morgan fingerprint density at radius 2 is 1.76 bits per heavy atom. The number of ether oxygens (including phenoxy) is 1. The number of likely N-dealkylation sites (tertiary alicyclic amines) is 1. The van der Waals surface area contributed by atoms with E-state index in [1.807, 2.05) is 50.4 Å². The van der Waals surface area contributed by atoms with E-state index >= 15 is 0 Å². The number of carbonyl (C=O) groups excluding carboxylic acids is 1. The summed E-state index contributed by atoms with van der Waals surface area (Å²) in [5.41, 5.74) is 1.70. The molecule has 0 N–H and O–H groups in total. The second-order valence-corrected chi connectivity index (χ2v) is 10.6. The number of piperidine rings is 1. The standard InChI is InChI=1S/C21H26N2O4S2/c1-15-13-16(2)19(17(3)14-15)29(25,26)23-10-11-27-21(23)6-8-22(9-7-21)20(24)18-5-4-12-28-18/h4-5,12-14H,6-11H2,1-3H3. The Bertz CT molecular complexity index is 1000. The number of sulfonamides is 1. The largest absolute Gasteiger partial charge is 0.358 e. The smallest absolute Gasteiger partial charge is 0.263 e. The van der Waals surface area contributed by atoms with Crippen molar-refractivity contribution in [1.82, 2.24) is 9.21 Å². The molecule has 1 amide bonds. The molecule has 2 aromatic rings. The Balaban J connectivity index is 1.59. The number of nitrogens with zero attached hydrogens (tertiary/aromatic N) is 2. The van der Waals surface area contributed by atoms with Gasteiger partial charge in [0.2, 0.25) is 10.0 Å². The maximum atomic E-state index is 13.6. The van der Waals surface area contributed by atoms with Crippen molar-refractivity contribution in [1.29, 1.82) is 0 Å². The lowest BCUT2D eigenvalue weighted by atomic mass is 10.0. The Kier molecular flexibility index (Phi) is 5.31. The molecule has 0 aliphatic carbocycles. The highest BCUT2D eigenvalue weighted by Gasteiger charge is 2.51. The van der Waals surface area contributed by atoms with Crippen LogP contribution in [0.4, 0.5) is 0 Å². The highest BCUT2D eigenvalue weighted by atomic mass is 32.2. The van der Waals surface area contributed by atoms with E-state index in [0.29, 0.717) is 48.9 Å². The molecule has 3 heterocycles. The lowest BCUT2D eigenvalue weighted by molar-refractivity contribution is -0.0856. The highest BCUT2D eigenvalue weighted by molar-refractivity contribution is 7.89. The molecule has 0 atom stereocenters. The molecule has 0 unspecified atom stereocenters. The molecule has 2 fully saturated rings. The fraction of sp³-hybridized carbons (Fsp3) is 0.476. The van der Waals surface area contributed by atoms with Crippen molar-refractivity contribution in [2.75, 3.05) is 26.2 Å². The lowest BCUT2D eigenvalue weighted by Gasteiger charge is -2.43. The Labute approximate surface area is 176 Å². The van der Waals surface area contributed by atoms with Crippen LogP contribution >= 0.6 is 11.3 Å². The number of hydrogen-bond acceptors (Lipinski definition) is 5. The Morgan fingerprint density at radius 1 is 1.10 bits per heavy atom. The van der Waals surface area contributed by atoms with Crippen molar-refractivity contribution in [3.8, 4) is 0 Å². The number of hydrogen-bond donors (Lipinski definition) is 0. The molecule has 2 saturated heterocycles. The summed E-state index contributed by atoms with van der Waals surface area (Å²) >= 11 is 1.43. The van der Waals surface area contributed by atoms with Gasteiger partial charge in [-0.25, -0.2) is 8.42 Å². The van der Waals surface area contributed by atoms with Gasteiger partial charge in [-0.1, -0.05) is 23.8 Å². The van der Waals surface area contributed by atoms with Gasteiger partial charge in [0.1, 0.15) is 5.72 Å². The summed E-state index contributed by atoms with van der Waals surface area (Å²) in [5, 5.41) is 1.89. The monoisotopic (exact) mass is 434 g/mol. The van der Waals surface area contributed by atoms with Crippen LogP contribution in [0, 0.1) is 20.8 Å². The number of thiophene rings is 1. The molecule has 1 spiro atoms. The topological polar surface area (TPSA) is 66.9 Å². The highest BCUT2D eigenvalue weighted by Crippen LogP contribution is 2.40. The number of benzene rings is 1. The molecule has 0 bridgehead atoms. The summed E-state index contributed by atoms with van der Waals surface area (Å²) in [6.45, 7) is 7.34. The first-order valence-electron chi connectivity index (χ1n) is 9.82.